The molecule has 0 bridgehead atoms. The van der Waals surface area contributed by atoms with Crippen LogP contribution in [-0.4, -0.2) is 13.1 Å². The van der Waals surface area contributed by atoms with Crippen LogP contribution in [0.1, 0.15) is 17.5 Å². The van der Waals surface area contributed by atoms with Crippen LogP contribution in [0.3, 0.4) is 0 Å². The first-order valence-electron chi connectivity index (χ1n) is 4.90. The van der Waals surface area contributed by atoms with Crippen LogP contribution in [0.4, 0.5) is 0 Å². The zero-order valence-corrected chi connectivity index (χ0v) is 9.27. The summed E-state index contributed by atoms with van der Waals surface area (Å²) in [6.45, 7) is 4.68. The molecular weight excluding hydrogens is 196 g/mol. The van der Waals surface area contributed by atoms with Gasteiger partial charge in [-0.1, -0.05) is 17.7 Å². The summed E-state index contributed by atoms with van der Waals surface area (Å²) in [5.74, 6) is 0. The first kappa shape index (κ1) is 11.5. The van der Waals surface area contributed by atoms with Crippen molar-refractivity contribution in [3.05, 3.63) is 34.3 Å². The van der Waals surface area contributed by atoms with Crippen LogP contribution >= 0.6 is 11.6 Å². The summed E-state index contributed by atoms with van der Waals surface area (Å²) in [6.07, 6.45) is 1.02. The summed E-state index contributed by atoms with van der Waals surface area (Å²) >= 11 is 5.86. The third-order valence-corrected chi connectivity index (χ3v) is 2.41. The maximum atomic E-state index is 5.86. The molecule has 14 heavy (non-hydrogen) atoms. The summed E-state index contributed by atoms with van der Waals surface area (Å²) in [5.41, 5.74) is 7.93. The van der Waals surface area contributed by atoms with Crippen molar-refractivity contribution in [2.24, 2.45) is 5.73 Å². The summed E-state index contributed by atoms with van der Waals surface area (Å²) in [4.78, 5) is 0. The Morgan fingerprint density at radius 1 is 1.43 bits per heavy atom. The van der Waals surface area contributed by atoms with Crippen molar-refractivity contribution in [2.75, 3.05) is 13.1 Å². The molecule has 0 amide bonds. The van der Waals surface area contributed by atoms with E-state index in [1.165, 1.54) is 11.1 Å². The number of nitrogens with one attached hydrogen (secondary N) is 1. The van der Waals surface area contributed by atoms with E-state index >= 15 is 0 Å². The third kappa shape index (κ3) is 3.66. The SMILES string of the molecule is Cc1cc(Cl)ccc1CNCCCN. The van der Waals surface area contributed by atoms with Gasteiger partial charge in [0.05, 0.1) is 0 Å². The smallest absolute Gasteiger partial charge is 0.0408 e. The molecule has 3 heteroatoms. The van der Waals surface area contributed by atoms with Crippen LogP contribution in [0.2, 0.25) is 5.02 Å². The van der Waals surface area contributed by atoms with E-state index in [4.69, 9.17) is 17.3 Å². The van der Waals surface area contributed by atoms with Crippen molar-refractivity contribution >= 4 is 11.6 Å². The van der Waals surface area contributed by atoms with Crippen molar-refractivity contribution in [2.45, 2.75) is 19.9 Å². The fourth-order valence-electron chi connectivity index (χ4n) is 1.31. The molecule has 0 aliphatic heterocycles. The van der Waals surface area contributed by atoms with Gasteiger partial charge in [0.25, 0.3) is 0 Å². The van der Waals surface area contributed by atoms with Crippen molar-refractivity contribution in [1.82, 2.24) is 5.32 Å². The molecular formula is C11H17ClN2. The molecule has 1 rings (SSSR count). The number of hydrogen-bond donors (Lipinski definition) is 2. The highest BCUT2D eigenvalue weighted by atomic mass is 35.5. The van der Waals surface area contributed by atoms with Crippen LogP contribution in [0.25, 0.3) is 0 Å². The second-order valence-corrected chi connectivity index (χ2v) is 3.83. The van der Waals surface area contributed by atoms with Gasteiger partial charge in [-0.2, -0.15) is 0 Å². The molecule has 0 unspecified atom stereocenters. The molecule has 2 nitrogen and oxygen atoms in total. The van der Waals surface area contributed by atoms with Crippen molar-refractivity contribution < 1.29 is 0 Å². The van der Waals surface area contributed by atoms with Gasteiger partial charge >= 0.3 is 0 Å². The Bertz CT molecular complexity index is 287. The predicted molar refractivity (Wildman–Crippen MR) is 61.6 cm³/mol. The lowest BCUT2D eigenvalue weighted by Gasteiger charge is -2.07. The van der Waals surface area contributed by atoms with Gasteiger partial charge in [-0.3, -0.25) is 0 Å². The Kier molecular flexibility index (Phi) is 4.94. The first-order chi connectivity index (χ1) is 6.74. The minimum absolute atomic E-state index is 0.743. The molecule has 0 fully saturated rings. The maximum Gasteiger partial charge on any atom is 0.0408 e. The van der Waals surface area contributed by atoms with Crippen LogP contribution < -0.4 is 11.1 Å². The molecule has 0 saturated carbocycles. The van der Waals surface area contributed by atoms with Gasteiger partial charge in [-0.05, 0) is 49.7 Å². The molecule has 0 heterocycles. The average molecular weight is 213 g/mol. The van der Waals surface area contributed by atoms with Crippen LogP contribution in [0, 0.1) is 6.92 Å². The van der Waals surface area contributed by atoms with Crippen LogP contribution in [0.5, 0.6) is 0 Å². The van der Waals surface area contributed by atoms with Gasteiger partial charge in [0.15, 0.2) is 0 Å². The number of aryl methyl sites for hydroxylation is 1. The van der Waals surface area contributed by atoms with E-state index < -0.39 is 0 Å². The molecule has 0 aliphatic rings. The van der Waals surface area contributed by atoms with Gasteiger partial charge < -0.3 is 11.1 Å². The Hall–Kier alpha value is -0.570. The van der Waals surface area contributed by atoms with E-state index in [1.807, 2.05) is 12.1 Å². The summed E-state index contributed by atoms with van der Waals surface area (Å²) in [6, 6.07) is 5.98. The van der Waals surface area contributed by atoms with E-state index in [0.717, 1.165) is 31.1 Å². The van der Waals surface area contributed by atoms with Crippen molar-refractivity contribution in [1.29, 1.82) is 0 Å². The van der Waals surface area contributed by atoms with Crippen LogP contribution in [-0.2, 0) is 6.54 Å². The fraction of sp³-hybridized carbons (Fsp3) is 0.455. The number of halogens is 1. The molecule has 0 atom stereocenters. The minimum Gasteiger partial charge on any atom is -0.330 e. The van der Waals surface area contributed by atoms with Gasteiger partial charge in [0, 0.05) is 11.6 Å². The normalized spacial score (nSPS) is 10.5. The monoisotopic (exact) mass is 212 g/mol. The van der Waals surface area contributed by atoms with Gasteiger partial charge in [-0.25, -0.2) is 0 Å². The third-order valence-electron chi connectivity index (χ3n) is 2.18. The summed E-state index contributed by atoms with van der Waals surface area (Å²) < 4.78 is 0. The summed E-state index contributed by atoms with van der Waals surface area (Å²) in [5, 5.41) is 4.14. The molecule has 0 aromatic heterocycles. The molecule has 0 saturated heterocycles. The zero-order valence-electron chi connectivity index (χ0n) is 8.52. The Balaban J connectivity index is 2.42. The topological polar surface area (TPSA) is 38.0 Å². The molecule has 0 radical (unpaired) electrons. The molecule has 0 spiro atoms. The Morgan fingerprint density at radius 3 is 2.86 bits per heavy atom. The minimum atomic E-state index is 0.743. The van der Waals surface area contributed by atoms with Gasteiger partial charge in [-0.15, -0.1) is 0 Å². The lowest BCUT2D eigenvalue weighted by atomic mass is 10.1. The number of benzene rings is 1. The van der Waals surface area contributed by atoms with E-state index in [0.29, 0.717) is 0 Å². The highest BCUT2D eigenvalue weighted by molar-refractivity contribution is 6.30. The van der Waals surface area contributed by atoms with E-state index in [-0.39, 0.29) is 0 Å². The second-order valence-electron chi connectivity index (χ2n) is 3.39. The maximum absolute atomic E-state index is 5.86. The van der Waals surface area contributed by atoms with Gasteiger partial charge in [0.2, 0.25) is 0 Å². The zero-order chi connectivity index (χ0) is 10.4. The molecule has 1 aromatic rings. The predicted octanol–water partition coefficient (Wildman–Crippen LogP) is 2.09. The van der Waals surface area contributed by atoms with E-state index in [1.54, 1.807) is 0 Å². The highest BCUT2D eigenvalue weighted by Gasteiger charge is 1.97. The van der Waals surface area contributed by atoms with E-state index in [2.05, 4.69) is 18.3 Å². The molecule has 78 valence electrons. The first-order valence-corrected chi connectivity index (χ1v) is 5.27. The summed E-state index contributed by atoms with van der Waals surface area (Å²) in [7, 11) is 0. The Morgan fingerprint density at radius 2 is 2.21 bits per heavy atom. The second kappa shape index (κ2) is 6.02. The lowest BCUT2D eigenvalue weighted by molar-refractivity contribution is 0.654. The largest absolute Gasteiger partial charge is 0.330 e. The van der Waals surface area contributed by atoms with Crippen LogP contribution in [0.15, 0.2) is 18.2 Å². The number of nitrogens with two attached hydrogens (primary N) is 1. The van der Waals surface area contributed by atoms with Crippen molar-refractivity contribution in [3.63, 3.8) is 0 Å². The quantitative estimate of drug-likeness (QED) is 0.734. The number of rotatable bonds is 5. The van der Waals surface area contributed by atoms with Gasteiger partial charge in [0.1, 0.15) is 0 Å². The molecule has 3 N–H and O–H groups in total. The molecule has 0 aliphatic carbocycles. The lowest BCUT2D eigenvalue weighted by Crippen LogP contribution is -2.18. The van der Waals surface area contributed by atoms with Crippen molar-refractivity contribution in [3.8, 4) is 0 Å². The number of hydrogen-bond acceptors (Lipinski definition) is 2. The van der Waals surface area contributed by atoms with E-state index in [9.17, 15) is 0 Å². The average Bonchev–Trinajstić information content (AvgIpc) is 2.15. The fourth-order valence-corrected chi connectivity index (χ4v) is 1.53. The Labute approximate surface area is 90.4 Å². The molecule has 1 aromatic carbocycles. The standard InChI is InChI=1S/C11H17ClN2/c1-9-7-11(12)4-3-10(9)8-14-6-2-5-13/h3-4,7,14H,2,5-6,8,13H2,1H3. The highest BCUT2D eigenvalue weighted by Crippen LogP contribution is 2.14.